The maximum absolute atomic E-state index is 13.4. The Morgan fingerprint density at radius 3 is 2.21 bits per heavy atom. The zero-order valence-corrected chi connectivity index (χ0v) is 23.1. The van der Waals surface area contributed by atoms with Gasteiger partial charge in [-0.3, -0.25) is 4.79 Å². The molecule has 1 saturated heterocycles. The van der Waals surface area contributed by atoms with E-state index in [9.17, 15) is 18.0 Å². The molecule has 0 bridgehead atoms. The van der Waals surface area contributed by atoms with Crippen LogP contribution >= 0.6 is 0 Å². The van der Waals surface area contributed by atoms with Crippen LogP contribution in [0.4, 0.5) is 4.79 Å². The van der Waals surface area contributed by atoms with Gasteiger partial charge < -0.3 is 19.1 Å². The molecule has 1 amide bonds. The number of carbonyl (C=O) groups is 2. The lowest BCUT2D eigenvalue weighted by atomic mass is 9.80. The van der Waals surface area contributed by atoms with Gasteiger partial charge in [0, 0.05) is 26.2 Å². The minimum absolute atomic E-state index is 0.103. The zero-order valence-electron chi connectivity index (χ0n) is 22.3. The molecular formula is C29H36N2O7S. The second-order valence-corrected chi connectivity index (χ2v) is 11.8. The molecule has 4 rings (SSSR count). The van der Waals surface area contributed by atoms with Crippen molar-refractivity contribution >= 4 is 27.7 Å². The summed E-state index contributed by atoms with van der Waals surface area (Å²) in [7, 11) is -2.48. The number of rotatable bonds is 10. The molecule has 0 atom stereocenters. The second-order valence-electron chi connectivity index (χ2n) is 9.87. The van der Waals surface area contributed by atoms with Gasteiger partial charge in [-0.2, -0.15) is 4.31 Å². The average molecular weight is 557 g/mol. The maximum Gasteiger partial charge on any atom is 0.409 e. The van der Waals surface area contributed by atoms with Gasteiger partial charge in [0.2, 0.25) is 10.0 Å². The lowest BCUT2D eigenvalue weighted by molar-refractivity contribution is -0.154. The molecule has 0 aliphatic carbocycles. The van der Waals surface area contributed by atoms with Crippen LogP contribution in [0.5, 0.6) is 0 Å². The van der Waals surface area contributed by atoms with Gasteiger partial charge in [-0.05, 0) is 36.0 Å². The third kappa shape index (κ3) is 7.46. The predicted octanol–water partition coefficient (Wildman–Crippen LogP) is 3.71. The monoisotopic (exact) mass is 556 g/mol. The number of benzene rings is 2. The average Bonchev–Trinajstić information content (AvgIpc) is 2.97. The van der Waals surface area contributed by atoms with Gasteiger partial charge in [0.05, 0.1) is 31.5 Å². The van der Waals surface area contributed by atoms with Gasteiger partial charge in [-0.1, -0.05) is 66.7 Å². The number of amides is 1. The van der Waals surface area contributed by atoms with E-state index in [1.807, 2.05) is 66.7 Å². The number of hydrogen-bond acceptors (Lipinski definition) is 7. The van der Waals surface area contributed by atoms with Crippen molar-refractivity contribution in [2.24, 2.45) is 5.41 Å². The highest BCUT2D eigenvalue weighted by atomic mass is 32.2. The first-order valence-corrected chi connectivity index (χ1v) is 14.8. The Morgan fingerprint density at radius 1 is 0.923 bits per heavy atom. The Bertz CT molecular complexity index is 1240. The summed E-state index contributed by atoms with van der Waals surface area (Å²) in [5.74, 6) is -0.914. The Labute approximate surface area is 230 Å². The number of esters is 1. The van der Waals surface area contributed by atoms with Crippen molar-refractivity contribution in [1.82, 2.24) is 9.21 Å². The standard InChI is InChI=1S/C29H36N2O7S/c1-36-27(32)29(23-39(34,35)31-16-12-26(13-17-31)25-10-6-3-7-11-25)14-18-30(19-15-29)28(33)38-21-20-37-22-24-8-4-2-5-9-24/h2-12H,13-23H2,1H3. The van der Waals surface area contributed by atoms with Crippen LogP contribution in [0, 0.1) is 5.41 Å². The van der Waals surface area contributed by atoms with Crippen LogP contribution in [0.3, 0.4) is 0 Å². The van der Waals surface area contributed by atoms with E-state index in [-0.39, 0.29) is 51.4 Å². The number of piperidine rings is 1. The van der Waals surface area contributed by atoms with Gasteiger partial charge in [0.15, 0.2) is 0 Å². The molecule has 210 valence electrons. The normalized spacial score (nSPS) is 17.8. The first-order chi connectivity index (χ1) is 18.8. The van der Waals surface area contributed by atoms with Crippen LogP contribution in [-0.2, 0) is 35.6 Å². The molecule has 0 unspecified atom stereocenters. The molecule has 39 heavy (non-hydrogen) atoms. The van der Waals surface area contributed by atoms with Crippen LogP contribution in [0.15, 0.2) is 66.7 Å². The Balaban J connectivity index is 1.29. The van der Waals surface area contributed by atoms with E-state index >= 15 is 0 Å². The predicted molar refractivity (Wildman–Crippen MR) is 147 cm³/mol. The van der Waals surface area contributed by atoms with E-state index in [4.69, 9.17) is 14.2 Å². The zero-order chi connectivity index (χ0) is 27.7. The van der Waals surface area contributed by atoms with Gasteiger partial charge >= 0.3 is 12.1 Å². The Hall–Kier alpha value is -3.21. The van der Waals surface area contributed by atoms with E-state index in [2.05, 4.69) is 0 Å². The largest absolute Gasteiger partial charge is 0.469 e. The summed E-state index contributed by atoms with van der Waals surface area (Å²) in [6.45, 7) is 1.80. The fourth-order valence-corrected chi connectivity index (χ4v) is 7.00. The molecule has 1 fully saturated rings. The van der Waals surface area contributed by atoms with Crippen molar-refractivity contribution in [1.29, 1.82) is 0 Å². The Morgan fingerprint density at radius 2 is 1.59 bits per heavy atom. The minimum atomic E-state index is -3.75. The quantitative estimate of drug-likeness (QED) is 0.325. The highest BCUT2D eigenvalue weighted by Crippen LogP contribution is 2.36. The van der Waals surface area contributed by atoms with Crippen molar-refractivity contribution < 1.29 is 32.2 Å². The van der Waals surface area contributed by atoms with E-state index in [1.54, 1.807) is 0 Å². The summed E-state index contributed by atoms with van der Waals surface area (Å²) in [4.78, 5) is 26.9. The lowest BCUT2D eigenvalue weighted by Gasteiger charge is -2.40. The molecule has 2 aliphatic rings. The number of ether oxygens (including phenoxy) is 3. The molecule has 0 radical (unpaired) electrons. The highest BCUT2D eigenvalue weighted by Gasteiger charge is 2.48. The SMILES string of the molecule is COC(=O)C1(CS(=O)(=O)N2CC=C(c3ccccc3)CC2)CCN(C(=O)OCCOCc2ccccc2)CC1. The lowest BCUT2D eigenvalue weighted by Crippen LogP contribution is -2.52. The minimum Gasteiger partial charge on any atom is -0.469 e. The molecule has 2 aliphatic heterocycles. The Kier molecular flexibility index (Phi) is 9.77. The smallest absolute Gasteiger partial charge is 0.409 e. The van der Waals surface area contributed by atoms with E-state index in [0.717, 1.165) is 16.7 Å². The van der Waals surface area contributed by atoms with Crippen molar-refractivity contribution in [2.45, 2.75) is 25.9 Å². The van der Waals surface area contributed by atoms with Crippen molar-refractivity contribution in [3.63, 3.8) is 0 Å². The highest BCUT2D eigenvalue weighted by molar-refractivity contribution is 7.89. The number of sulfonamides is 1. The summed E-state index contributed by atoms with van der Waals surface area (Å²) in [5.41, 5.74) is 2.02. The van der Waals surface area contributed by atoms with Gasteiger partial charge in [-0.25, -0.2) is 13.2 Å². The van der Waals surface area contributed by atoms with Crippen molar-refractivity contribution in [2.75, 3.05) is 52.3 Å². The number of hydrogen-bond donors (Lipinski definition) is 0. The first-order valence-electron chi connectivity index (χ1n) is 13.2. The first kappa shape index (κ1) is 28.8. The molecule has 0 spiro atoms. The molecule has 0 aromatic heterocycles. The van der Waals surface area contributed by atoms with Crippen molar-refractivity contribution in [3.8, 4) is 0 Å². The molecule has 2 heterocycles. The summed E-state index contributed by atoms with van der Waals surface area (Å²) in [5, 5.41) is 0. The van der Waals surface area contributed by atoms with Crippen LogP contribution in [-0.4, -0.2) is 81.9 Å². The molecule has 10 heteroatoms. The summed E-state index contributed by atoms with van der Waals surface area (Å²) < 4.78 is 44.2. The van der Waals surface area contributed by atoms with E-state index < -0.39 is 27.5 Å². The third-order valence-electron chi connectivity index (χ3n) is 7.33. The van der Waals surface area contributed by atoms with Gasteiger partial charge in [-0.15, -0.1) is 0 Å². The number of nitrogens with zero attached hydrogens (tertiary/aromatic N) is 2. The van der Waals surface area contributed by atoms with E-state index in [0.29, 0.717) is 19.6 Å². The molecule has 2 aromatic rings. The molecule has 0 saturated carbocycles. The summed E-state index contributed by atoms with van der Waals surface area (Å²) in [6.07, 6.45) is 2.38. The summed E-state index contributed by atoms with van der Waals surface area (Å²) >= 11 is 0. The molecule has 9 nitrogen and oxygen atoms in total. The number of carbonyl (C=O) groups excluding carboxylic acids is 2. The second kappa shape index (κ2) is 13.2. The van der Waals surface area contributed by atoms with E-state index in [1.165, 1.54) is 16.3 Å². The summed E-state index contributed by atoms with van der Waals surface area (Å²) in [6, 6.07) is 19.6. The van der Waals surface area contributed by atoms with Crippen LogP contribution in [0.1, 0.15) is 30.4 Å². The topological polar surface area (TPSA) is 102 Å². The molecular weight excluding hydrogens is 520 g/mol. The van der Waals surface area contributed by atoms with Crippen LogP contribution in [0.25, 0.3) is 5.57 Å². The number of likely N-dealkylation sites (tertiary alicyclic amines) is 1. The maximum atomic E-state index is 13.4. The van der Waals surface area contributed by atoms with Gasteiger partial charge in [0.25, 0.3) is 0 Å². The molecule has 2 aromatic carbocycles. The fourth-order valence-electron chi connectivity index (χ4n) is 5.04. The van der Waals surface area contributed by atoms with Crippen molar-refractivity contribution in [3.05, 3.63) is 77.9 Å². The third-order valence-corrected chi connectivity index (χ3v) is 9.37. The fraction of sp³-hybridized carbons (Fsp3) is 0.448. The molecule has 0 N–H and O–H groups in total. The van der Waals surface area contributed by atoms with Crippen LogP contribution < -0.4 is 0 Å². The van der Waals surface area contributed by atoms with Gasteiger partial charge in [0.1, 0.15) is 6.61 Å². The number of methoxy groups -OCH3 is 1. The van der Waals surface area contributed by atoms with Crippen LogP contribution in [0.2, 0.25) is 0 Å².